The molecule has 1 heterocycles. The van der Waals surface area contributed by atoms with Gasteiger partial charge in [-0.2, -0.15) is 0 Å². The van der Waals surface area contributed by atoms with E-state index < -0.39 is 4.92 Å². The minimum absolute atomic E-state index is 0.0770. The van der Waals surface area contributed by atoms with Gasteiger partial charge in [0.15, 0.2) is 0 Å². The highest BCUT2D eigenvalue weighted by Crippen LogP contribution is 2.31. The van der Waals surface area contributed by atoms with Crippen LogP contribution >= 0.6 is 0 Å². The van der Waals surface area contributed by atoms with Gasteiger partial charge >= 0.3 is 5.69 Å². The Balaban J connectivity index is 2.29. The summed E-state index contributed by atoms with van der Waals surface area (Å²) < 4.78 is 5.54. The zero-order valence-electron chi connectivity index (χ0n) is 11.2. The average molecular weight is 273 g/mol. The molecule has 2 rings (SSSR count). The highest BCUT2D eigenvalue weighted by Gasteiger charge is 2.15. The van der Waals surface area contributed by atoms with Crippen LogP contribution in [0.3, 0.4) is 0 Å². The Labute approximate surface area is 116 Å². The molecule has 6 heteroatoms. The van der Waals surface area contributed by atoms with Crippen molar-refractivity contribution in [3.8, 4) is 11.5 Å². The summed E-state index contributed by atoms with van der Waals surface area (Å²) in [5.74, 6) is 0.633. The molecular formula is C14H15N3O3. The van der Waals surface area contributed by atoms with Crippen molar-refractivity contribution < 1.29 is 9.66 Å². The van der Waals surface area contributed by atoms with E-state index in [9.17, 15) is 10.1 Å². The Morgan fingerprint density at radius 1 is 1.35 bits per heavy atom. The van der Waals surface area contributed by atoms with Crippen LogP contribution in [0, 0.1) is 17.0 Å². The first-order valence-corrected chi connectivity index (χ1v) is 6.12. The summed E-state index contributed by atoms with van der Waals surface area (Å²) in [5.41, 5.74) is 7.24. The van der Waals surface area contributed by atoms with Crippen molar-refractivity contribution in [3.05, 3.63) is 57.9 Å². The number of aromatic nitrogens is 1. The molecule has 0 radical (unpaired) electrons. The summed E-state index contributed by atoms with van der Waals surface area (Å²) in [7, 11) is 0. The Morgan fingerprint density at radius 3 is 2.65 bits per heavy atom. The van der Waals surface area contributed by atoms with E-state index in [0.29, 0.717) is 5.75 Å². The van der Waals surface area contributed by atoms with Gasteiger partial charge in [-0.1, -0.05) is 6.07 Å². The van der Waals surface area contributed by atoms with E-state index in [0.717, 1.165) is 11.3 Å². The quantitative estimate of drug-likeness (QED) is 0.682. The Bertz CT molecular complexity index is 624. The predicted octanol–water partition coefficient (Wildman–Crippen LogP) is 3.11. The van der Waals surface area contributed by atoms with Gasteiger partial charge in [0.05, 0.1) is 16.8 Å². The minimum atomic E-state index is -0.474. The van der Waals surface area contributed by atoms with Crippen molar-refractivity contribution in [2.75, 3.05) is 0 Å². The molecule has 0 spiro atoms. The lowest BCUT2D eigenvalue weighted by Crippen LogP contribution is -2.06. The summed E-state index contributed by atoms with van der Waals surface area (Å²) >= 11 is 0. The number of nitro benzene ring substituents is 1. The second kappa shape index (κ2) is 5.66. The molecule has 1 aromatic carbocycles. The van der Waals surface area contributed by atoms with Gasteiger partial charge in [-0.15, -0.1) is 0 Å². The predicted molar refractivity (Wildman–Crippen MR) is 74.7 cm³/mol. The third-order valence-electron chi connectivity index (χ3n) is 2.77. The summed E-state index contributed by atoms with van der Waals surface area (Å²) in [4.78, 5) is 14.6. The Hall–Kier alpha value is -2.47. The smallest absolute Gasteiger partial charge is 0.311 e. The maximum absolute atomic E-state index is 11.0. The maximum atomic E-state index is 11.0. The number of hydrogen-bond donors (Lipinski definition) is 1. The highest BCUT2D eigenvalue weighted by atomic mass is 16.6. The van der Waals surface area contributed by atoms with E-state index in [2.05, 4.69) is 4.98 Å². The normalized spacial score (nSPS) is 11.9. The van der Waals surface area contributed by atoms with Crippen molar-refractivity contribution in [3.63, 3.8) is 0 Å². The van der Waals surface area contributed by atoms with Crippen molar-refractivity contribution in [1.82, 2.24) is 4.98 Å². The second-order valence-corrected chi connectivity index (χ2v) is 4.54. The number of rotatable bonds is 4. The lowest BCUT2D eigenvalue weighted by Gasteiger charge is -2.08. The average Bonchev–Trinajstić information content (AvgIpc) is 2.39. The number of hydrogen-bond acceptors (Lipinski definition) is 5. The van der Waals surface area contributed by atoms with E-state index in [-0.39, 0.29) is 17.5 Å². The van der Waals surface area contributed by atoms with Crippen LogP contribution < -0.4 is 10.5 Å². The molecule has 2 aromatic rings. The SMILES string of the molecule is Cc1ccc([N+](=O)[O-])c(Oc2ccc([C@H](C)N)nc2)c1. The van der Waals surface area contributed by atoms with Crippen LogP contribution in [0.15, 0.2) is 36.5 Å². The molecule has 0 unspecified atom stereocenters. The lowest BCUT2D eigenvalue weighted by molar-refractivity contribution is -0.385. The fourth-order valence-corrected chi connectivity index (χ4v) is 1.70. The zero-order valence-corrected chi connectivity index (χ0v) is 11.2. The molecule has 20 heavy (non-hydrogen) atoms. The molecule has 0 saturated heterocycles. The van der Waals surface area contributed by atoms with Crippen LogP contribution in [0.1, 0.15) is 24.2 Å². The first-order chi connectivity index (χ1) is 9.47. The number of aryl methyl sites for hydroxylation is 1. The van der Waals surface area contributed by atoms with Gasteiger partial charge in [-0.05, 0) is 37.6 Å². The topological polar surface area (TPSA) is 91.3 Å². The number of nitrogens with zero attached hydrogens (tertiary/aromatic N) is 2. The van der Waals surface area contributed by atoms with E-state index in [1.54, 1.807) is 24.3 Å². The fraction of sp³-hybridized carbons (Fsp3) is 0.214. The van der Waals surface area contributed by atoms with Gasteiger partial charge in [0.2, 0.25) is 5.75 Å². The van der Waals surface area contributed by atoms with E-state index in [4.69, 9.17) is 10.5 Å². The van der Waals surface area contributed by atoms with Crippen molar-refractivity contribution >= 4 is 5.69 Å². The van der Waals surface area contributed by atoms with Crippen LogP contribution in [-0.2, 0) is 0 Å². The molecule has 0 saturated carbocycles. The van der Waals surface area contributed by atoms with Gasteiger partial charge in [0.25, 0.3) is 0 Å². The number of ether oxygens (including phenoxy) is 1. The second-order valence-electron chi connectivity index (χ2n) is 4.54. The Morgan fingerprint density at radius 2 is 2.10 bits per heavy atom. The van der Waals surface area contributed by atoms with Gasteiger partial charge < -0.3 is 10.5 Å². The first-order valence-electron chi connectivity index (χ1n) is 6.12. The third kappa shape index (κ3) is 3.10. The molecule has 6 nitrogen and oxygen atoms in total. The van der Waals surface area contributed by atoms with Crippen LogP contribution in [0.25, 0.3) is 0 Å². The largest absolute Gasteiger partial charge is 0.448 e. The maximum Gasteiger partial charge on any atom is 0.311 e. The van der Waals surface area contributed by atoms with Gasteiger partial charge in [-0.3, -0.25) is 15.1 Å². The van der Waals surface area contributed by atoms with Gasteiger partial charge in [0.1, 0.15) is 5.75 Å². The van der Waals surface area contributed by atoms with Crippen molar-refractivity contribution in [1.29, 1.82) is 0 Å². The molecule has 104 valence electrons. The molecule has 2 N–H and O–H groups in total. The first kappa shape index (κ1) is 14.0. The molecule has 0 amide bonds. The molecule has 0 bridgehead atoms. The molecule has 0 aliphatic heterocycles. The monoisotopic (exact) mass is 273 g/mol. The summed E-state index contributed by atoms with van der Waals surface area (Å²) in [6.07, 6.45) is 1.50. The standard InChI is InChI=1S/C14H15N3O3/c1-9-3-6-13(17(18)19)14(7-9)20-11-4-5-12(10(2)15)16-8-11/h3-8,10H,15H2,1-2H3/t10-/m0/s1. The van der Waals surface area contributed by atoms with Crippen molar-refractivity contribution in [2.24, 2.45) is 5.73 Å². The van der Waals surface area contributed by atoms with Crippen molar-refractivity contribution in [2.45, 2.75) is 19.9 Å². The van der Waals surface area contributed by atoms with Crippen LogP contribution in [0.4, 0.5) is 5.69 Å². The highest BCUT2D eigenvalue weighted by molar-refractivity contribution is 5.50. The zero-order chi connectivity index (χ0) is 14.7. The van der Waals surface area contributed by atoms with Gasteiger partial charge in [0, 0.05) is 12.1 Å². The number of nitro groups is 1. The van der Waals surface area contributed by atoms with Crippen LogP contribution in [0.5, 0.6) is 11.5 Å². The van der Waals surface area contributed by atoms with Crippen LogP contribution in [-0.4, -0.2) is 9.91 Å². The van der Waals surface area contributed by atoms with E-state index in [1.165, 1.54) is 12.3 Å². The molecule has 0 aliphatic rings. The molecule has 0 fully saturated rings. The number of benzene rings is 1. The Kier molecular flexibility index (Phi) is 3.95. The molecule has 1 aromatic heterocycles. The van der Waals surface area contributed by atoms with Crippen LogP contribution in [0.2, 0.25) is 0 Å². The summed E-state index contributed by atoms with van der Waals surface area (Å²) in [6.45, 7) is 3.67. The molecule has 0 aliphatic carbocycles. The van der Waals surface area contributed by atoms with Gasteiger partial charge in [-0.25, -0.2) is 0 Å². The lowest BCUT2D eigenvalue weighted by atomic mass is 10.2. The molecular weight excluding hydrogens is 258 g/mol. The summed E-state index contributed by atoms with van der Waals surface area (Å²) in [6, 6.07) is 7.98. The van der Waals surface area contributed by atoms with E-state index in [1.807, 2.05) is 13.8 Å². The number of nitrogens with two attached hydrogens (primary N) is 1. The summed E-state index contributed by atoms with van der Waals surface area (Å²) in [5, 5.41) is 11.0. The third-order valence-corrected chi connectivity index (χ3v) is 2.77. The fourth-order valence-electron chi connectivity index (χ4n) is 1.70. The van der Waals surface area contributed by atoms with E-state index >= 15 is 0 Å². The minimum Gasteiger partial charge on any atom is -0.448 e. The molecule has 1 atom stereocenters. The number of pyridine rings is 1.